The molecule has 0 saturated carbocycles. The summed E-state index contributed by atoms with van der Waals surface area (Å²) in [5.74, 6) is -0.664. The number of nitrogens with one attached hydrogen (secondary N) is 1. The van der Waals surface area contributed by atoms with Gasteiger partial charge in [0.2, 0.25) is 11.8 Å². The Morgan fingerprint density at radius 2 is 1.70 bits per heavy atom. The number of carbonyl (C=O) groups excluding carboxylic acids is 3. The molecule has 3 rings (SSSR count). The van der Waals surface area contributed by atoms with Crippen LogP contribution >= 0.6 is 0 Å². The van der Waals surface area contributed by atoms with E-state index in [0.29, 0.717) is 30.8 Å². The third-order valence-corrected chi connectivity index (χ3v) is 5.24. The highest BCUT2D eigenvalue weighted by Crippen LogP contribution is 2.19. The molecule has 2 aromatic carbocycles. The molecule has 8 heteroatoms. The van der Waals surface area contributed by atoms with Crippen LogP contribution in [0.3, 0.4) is 0 Å². The van der Waals surface area contributed by atoms with Crippen molar-refractivity contribution in [2.75, 3.05) is 36.9 Å². The molecule has 1 fully saturated rings. The summed E-state index contributed by atoms with van der Waals surface area (Å²) in [6, 6.07) is 13.3. The Kier molecular flexibility index (Phi) is 7.50. The van der Waals surface area contributed by atoms with Crippen molar-refractivity contribution in [1.29, 1.82) is 0 Å². The summed E-state index contributed by atoms with van der Waals surface area (Å²) in [6.07, 6.45) is 0.360. The van der Waals surface area contributed by atoms with Gasteiger partial charge in [-0.25, -0.2) is 4.79 Å². The average Bonchev–Trinajstić information content (AvgIpc) is 2.74. The lowest BCUT2D eigenvalue weighted by atomic mass is 10.0. The van der Waals surface area contributed by atoms with E-state index in [1.807, 2.05) is 36.2 Å². The van der Waals surface area contributed by atoms with Crippen molar-refractivity contribution in [3.63, 3.8) is 0 Å². The third-order valence-electron chi connectivity index (χ3n) is 5.24. The standard InChI is InChI=1S/C25H32N4O4/c1-25(2,3)33-24(32)18-7-9-19(10-8-18)27-23(31)21(26)15-17-5-11-20(12-6-17)29-14-13-28(4)16-22(29)30/h5-12,21H,13-16,26H2,1-4H3,(H,27,31). The Morgan fingerprint density at radius 1 is 1.06 bits per heavy atom. The van der Waals surface area contributed by atoms with Crippen LogP contribution in [0.15, 0.2) is 48.5 Å². The Morgan fingerprint density at radius 3 is 2.27 bits per heavy atom. The zero-order valence-electron chi connectivity index (χ0n) is 19.6. The van der Waals surface area contributed by atoms with Gasteiger partial charge >= 0.3 is 5.97 Å². The first-order chi connectivity index (χ1) is 15.5. The molecule has 2 amide bonds. The zero-order chi connectivity index (χ0) is 24.2. The summed E-state index contributed by atoms with van der Waals surface area (Å²) in [5.41, 5.74) is 8.24. The minimum Gasteiger partial charge on any atom is -0.456 e. The molecule has 1 saturated heterocycles. The Labute approximate surface area is 194 Å². The van der Waals surface area contributed by atoms with Crippen molar-refractivity contribution < 1.29 is 19.1 Å². The van der Waals surface area contributed by atoms with E-state index >= 15 is 0 Å². The minimum atomic E-state index is -0.744. The highest BCUT2D eigenvalue weighted by atomic mass is 16.6. The number of hydrogen-bond acceptors (Lipinski definition) is 6. The molecule has 176 valence electrons. The van der Waals surface area contributed by atoms with Crippen LogP contribution in [0.5, 0.6) is 0 Å². The number of nitrogens with zero attached hydrogens (tertiary/aromatic N) is 2. The Bertz CT molecular complexity index is 997. The van der Waals surface area contributed by atoms with Gasteiger partial charge in [-0.2, -0.15) is 0 Å². The number of benzene rings is 2. The molecule has 1 unspecified atom stereocenters. The molecular weight excluding hydrogens is 420 g/mol. The summed E-state index contributed by atoms with van der Waals surface area (Å²) >= 11 is 0. The first-order valence-corrected chi connectivity index (χ1v) is 11.0. The van der Waals surface area contributed by atoms with Gasteiger partial charge in [-0.15, -0.1) is 0 Å². The lowest BCUT2D eigenvalue weighted by molar-refractivity contribution is -0.121. The van der Waals surface area contributed by atoms with Crippen LogP contribution in [-0.4, -0.2) is 61.0 Å². The van der Waals surface area contributed by atoms with Crippen LogP contribution in [-0.2, 0) is 20.7 Å². The van der Waals surface area contributed by atoms with E-state index in [-0.39, 0.29) is 11.8 Å². The van der Waals surface area contributed by atoms with E-state index in [9.17, 15) is 14.4 Å². The summed E-state index contributed by atoms with van der Waals surface area (Å²) in [5, 5.41) is 2.78. The molecule has 3 N–H and O–H groups in total. The minimum absolute atomic E-state index is 0.0743. The van der Waals surface area contributed by atoms with Crippen LogP contribution < -0.4 is 16.0 Å². The first-order valence-electron chi connectivity index (χ1n) is 11.0. The topological polar surface area (TPSA) is 105 Å². The highest BCUT2D eigenvalue weighted by Gasteiger charge is 2.23. The van der Waals surface area contributed by atoms with Gasteiger partial charge in [0.05, 0.1) is 18.2 Å². The van der Waals surface area contributed by atoms with Crippen LogP contribution in [0.4, 0.5) is 11.4 Å². The van der Waals surface area contributed by atoms with Gasteiger partial charge in [0.15, 0.2) is 0 Å². The number of esters is 1. The molecule has 33 heavy (non-hydrogen) atoms. The number of likely N-dealkylation sites (N-methyl/N-ethyl adjacent to an activating group) is 1. The predicted molar refractivity (Wildman–Crippen MR) is 128 cm³/mol. The summed E-state index contributed by atoms with van der Waals surface area (Å²) < 4.78 is 5.34. The van der Waals surface area contributed by atoms with E-state index < -0.39 is 17.6 Å². The maximum Gasteiger partial charge on any atom is 0.338 e. The molecule has 0 aromatic heterocycles. The largest absolute Gasteiger partial charge is 0.456 e. The van der Waals surface area contributed by atoms with E-state index in [0.717, 1.165) is 17.8 Å². The van der Waals surface area contributed by atoms with Gasteiger partial charge in [0, 0.05) is 24.5 Å². The van der Waals surface area contributed by atoms with Gasteiger partial charge in [-0.1, -0.05) is 12.1 Å². The maximum absolute atomic E-state index is 12.5. The molecule has 1 aliphatic rings. The molecule has 0 bridgehead atoms. The molecule has 1 aliphatic heterocycles. The fraction of sp³-hybridized carbons (Fsp3) is 0.400. The maximum atomic E-state index is 12.5. The van der Waals surface area contributed by atoms with Crippen LogP contribution in [0.25, 0.3) is 0 Å². The van der Waals surface area contributed by atoms with E-state index in [4.69, 9.17) is 10.5 Å². The SMILES string of the molecule is CN1CCN(c2ccc(CC(N)C(=O)Nc3ccc(C(=O)OC(C)(C)C)cc3)cc2)C(=O)C1. The number of ether oxygens (including phenoxy) is 1. The van der Waals surface area contributed by atoms with Crippen molar-refractivity contribution in [3.8, 4) is 0 Å². The fourth-order valence-electron chi connectivity index (χ4n) is 3.48. The van der Waals surface area contributed by atoms with Crippen molar-refractivity contribution >= 4 is 29.2 Å². The molecule has 0 radical (unpaired) electrons. The van der Waals surface area contributed by atoms with E-state index in [1.165, 1.54) is 0 Å². The Balaban J connectivity index is 1.54. The molecule has 1 heterocycles. The monoisotopic (exact) mass is 452 g/mol. The number of carbonyl (C=O) groups is 3. The predicted octanol–water partition coefficient (Wildman–Crippen LogP) is 2.43. The molecule has 0 aliphatic carbocycles. The fourth-order valence-corrected chi connectivity index (χ4v) is 3.48. The number of hydrogen-bond donors (Lipinski definition) is 2. The van der Waals surface area contributed by atoms with Gasteiger partial charge in [0.25, 0.3) is 0 Å². The van der Waals surface area contributed by atoms with E-state index in [2.05, 4.69) is 5.32 Å². The number of piperazine rings is 1. The van der Waals surface area contributed by atoms with Crippen LogP contribution in [0.1, 0.15) is 36.7 Å². The second-order valence-corrected chi connectivity index (χ2v) is 9.33. The summed E-state index contributed by atoms with van der Waals surface area (Å²) in [7, 11) is 1.93. The molecule has 1 atom stereocenters. The number of nitrogens with two attached hydrogens (primary N) is 1. The first kappa shape index (κ1) is 24.4. The number of anilines is 2. The van der Waals surface area contributed by atoms with Crippen molar-refractivity contribution in [1.82, 2.24) is 4.90 Å². The normalized spacial score (nSPS) is 15.8. The van der Waals surface area contributed by atoms with Crippen LogP contribution in [0.2, 0.25) is 0 Å². The van der Waals surface area contributed by atoms with Gasteiger partial charge in [-0.3, -0.25) is 14.5 Å². The summed E-state index contributed by atoms with van der Waals surface area (Å²) in [4.78, 5) is 40.6. The summed E-state index contributed by atoms with van der Waals surface area (Å²) in [6.45, 7) is 7.31. The third kappa shape index (κ3) is 6.87. The lowest BCUT2D eigenvalue weighted by Crippen LogP contribution is -2.48. The molecule has 8 nitrogen and oxygen atoms in total. The van der Waals surface area contributed by atoms with Crippen molar-refractivity contribution in [3.05, 3.63) is 59.7 Å². The quantitative estimate of drug-likeness (QED) is 0.653. The van der Waals surface area contributed by atoms with Crippen molar-refractivity contribution in [2.24, 2.45) is 5.73 Å². The smallest absolute Gasteiger partial charge is 0.338 e. The molecule has 2 aromatic rings. The number of amides is 2. The highest BCUT2D eigenvalue weighted by molar-refractivity contribution is 5.96. The molecule has 0 spiro atoms. The van der Waals surface area contributed by atoms with Gasteiger partial charge < -0.3 is 20.7 Å². The van der Waals surface area contributed by atoms with E-state index in [1.54, 1.807) is 49.9 Å². The van der Waals surface area contributed by atoms with Crippen LogP contribution in [0, 0.1) is 0 Å². The second kappa shape index (κ2) is 10.1. The molecular formula is C25H32N4O4. The average molecular weight is 453 g/mol. The zero-order valence-corrected chi connectivity index (χ0v) is 19.6. The van der Waals surface area contributed by atoms with Gasteiger partial charge in [-0.05, 0) is 76.2 Å². The second-order valence-electron chi connectivity index (χ2n) is 9.33. The lowest BCUT2D eigenvalue weighted by Gasteiger charge is -2.32. The van der Waals surface area contributed by atoms with Gasteiger partial charge in [0.1, 0.15) is 5.60 Å². The Hall–Kier alpha value is -3.23. The van der Waals surface area contributed by atoms with Crippen molar-refractivity contribution in [2.45, 2.75) is 38.8 Å². The number of rotatable bonds is 6.